The second-order valence-corrected chi connectivity index (χ2v) is 5.93. The zero-order chi connectivity index (χ0) is 15.9. The van der Waals surface area contributed by atoms with Gasteiger partial charge < -0.3 is 15.7 Å². The number of rotatable bonds is 6. The lowest BCUT2D eigenvalue weighted by Crippen LogP contribution is -2.38. The second kappa shape index (κ2) is 7.94. The van der Waals surface area contributed by atoms with E-state index in [1.54, 1.807) is 19.1 Å². The quantitative estimate of drug-likeness (QED) is 0.701. The molecule has 3 N–H and O–H groups in total. The zero-order valence-corrected chi connectivity index (χ0v) is 13.0. The molecule has 1 aromatic carbocycles. The number of carbonyl (C=O) groups excluding carboxylic acids is 2. The van der Waals surface area contributed by atoms with Crippen LogP contribution in [0.4, 0.5) is 0 Å². The summed E-state index contributed by atoms with van der Waals surface area (Å²) in [6.07, 6.45) is 3.59. The van der Waals surface area contributed by atoms with Crippen LogP contribution in [0.1, 0.15) is 43.0 Å². The molecule has 0 spiro atoms. The van der Waals surface area contributed by atoms with Crippen molar-refractivity contribution in [1.29, 1.82) is 0 Å². The van der Waals surface area contributed by atoms with Gasteiger partial charge in [0.1, 0.15) is 5.75 Å². The third kappa shape index (κ3) is 4.84. The molecule has 5 heteroatoms. The summed E-state index contributed by atoms with van der Waals surface area (Å²) >= 11 is 0. The van der Waals surface area contributed by atoms with Crippen LogP contribution in [0.15, 0.2) is 24.3 Å². The first kappa shape index (κ1) is 16.5. The molecule has 2 rings (SSSR count). The highest BCUT2D eigenvalue weighted by Crippen LogP contribution is 2.17. The number of carbonyl (C=O) groups is 2. The monoisotopic (exact) mass is 304 g/mol. The van der Waals surface area contributed by atoms with Crippen LogP contribution in [-0.2, 0) is 4.79 Å². The van der Waals surface area contributed by atoms with Crippen molar-refractivity contribution < 1.29 is 14.7 Å². The minimum Gasteiger partial charge on any atom is -0.508 e. The van der Waals surface area contributed by atoms with Crippen molar-refractivity contribution >= 4 is 11.7 Å². The van der Waals surface area contributed by atoms with E-state index in [1.165, 1.54) is 12.1 Å². The first-order chi connectivity index (χ1) is 10.6. The van der Waals surface area contributed by atoms with Crippen molar-refractivity contribution in [1.82, 2.24) is 10.6 Å². The van der Waals surface area contributed by atoms with E-state index in [0.717, 1.165) is 32.4 Å². The van der Waals surface area contributed by atoms with Gasteiger partial charge in [0.2, 0.25) is 5.91 Å². The van der Waals surface area contributed by atoms with Crippen LogP contribution >= 0.6 is 0 Å². The van der Waals surface area contributed by atoms with Gasteiger partial charge >= 0.3 is 0 Å². The summed E-state index contributed by atoms with van der Waals surface area (Å²) < 4.78 is 0. The fourth-order valence-corrected chi connectivity index (χ4v) is 2.76. The van der Waals surface area contributed by atoms with Crippen LogP contribution in [-0.4, -0.2) is 35.9 Å². The first-order valence-electron chi connectivity index (χ1n) is 7.89. The molecule has 0 aromatic heterocycles. The maximum absolute atomic E-state index is 12.2. The van der Waals surface area contributed by atoms with Crippen LogP contribution in [0.25, 0.3) is 0 Å². The van der Waals surface area contributed by atoms with Gasteiger partial charge in [-0.1, -0.05) is 0 Å². The molecule has 120 valence electrons. The van der Waals surface area contributed by atoms with E-state index >= 15 is 0 Å². The standard InChI is InChI=1S/C17H24N2O3/c1-12(17(22)14-3-5-15(20)6-4-14)19-16(21)7-2-13-8-10-18-11-9-13/h3-6,12-13,18,20H,2,7-11H2,1H3,(H,19,21)/t12-/m0/s1. The molecule has 0 aliphatic carbocycles. The number of Topliss-reactive ketones (excluding diaryl/α,β-unsaturated/α-hetero) is 1. The summed E-state index contributed by atoms with van der Waals surface area (Å²) in [5.74, 6) is 0.513. The van der Waals surface area contributed by atoms with Crippen molar-refractivity contribution in [2.45, 2.75) is 38.6 Å². The van der Waals surface area contributed by atoms with Gasteiger partial charge in [0, 0.05) is 12.0 Å². The van der Waals surface area contributed by atoms with Crippen LogP contribution in [0, 0.1) is 5.92 Å². The number of benzene rings is 1. The van der Waals surface area contributed by atoms with Gasteiger partial charge in [-0.05, 0) is 69.5 Å². The Morgan fingerprint density at radius 3 is 2.55 bits per heavy atom. The van der Waals surface area contributed by atoms with Crippen LogP contribution < -0.4 is 10.6 Å². The first-order valence-corrected chi connectivity index (χ1v) is 7.89. The maximum Gasteiger partial charge on any atom is 0.220 e. The van der Waals surface area contributed by atoms with Crippen molar-refractivity contribution in [3.05, 3.63) is 29.8 Å². The van der Waals surface area contributed by atoms with Gasteiger partial charge in [-0.3, -0.25) is 9.59 Å². The number of nitrogens with one attached hydrogen (secondary N) is 2. The van der Waals surface area contributed by atoms with E-state index in [4.69, 9.17) is 0 Å². The van der Waals surface area contributed by atoms with E-state index < -0.39 is 6.04 Å². The number of piperidine rings is 1. The summed E-state index contributed by atoms with van der Waals surface area (Å²) in [4.78, 5) is 24.2. The summed E-state index contributed by atoms with van der Waals surface area (Å²) in [5.41, 5.74) is 0.490. The largest absolute Gasteiger partial charge is 0.508 e. The molecule has 0 saturated carbocycles. The fraction of sp³-hybridized carbons (Fsp3) is 0.529. The van der Waals surface area contributed by atoms with Crippen molar-refractivity contribution in [2.75, 3.05) is 13.1 Å². The highest BCUT2D eigenvalue weighted by atomic mass is 16.3. The van der Waals surface area contributed by atoms with Crippen LogP contribution in [0.3, 0.4) is 0 Å². The molecular formula is C17H24N2O3. The Morgan fingerprint density at radius 2 is 1.91 bits per heavy atom. The predicted molar refractivity (Wildman–Crippen MR) is 84.9 cm³/mol. The van der Waals surface area contributed by atoms with Crippen molar-refractivity contribution in [3.8, 4) is 5.75 Å². The number of phenolic OH excluding ortho intramolecular Hbond substituents is 1. The minimum absolute atomic E-state index is 0.0711. The van der Waals surface area contributed by atoms with Gasteiger partial charge in [0.15, 0.2) is 5.78 Å². The molecule has 0 radical (unpaired) electrons. The highest BCUT2D eigenvalue weighted by molar-refractivity contribution is 6.01. The van der Waals surface area contributed by atoms with Crippen LogP contribution in [0.5, 0.6) is 5.75 Å². The average molecular weight is 304 g/mol. The number of hydrogen-bond acceptors (Lipinski definition) is 4. The third-order valence-electron chi connectivity index (χ3n) is 4.16. The summed E-state index contributed by atoms with van der Waals surface area (Å²) in [6.45, 7) is 3.75. The van der Waals surface area contributed by atoms with Gasteiger partial charge in [0.05, 0.1) is 6.04 Å². The normalized spacial score (nSPS) is 17.0. The molecule has 1 heterocycles. The molecule has 1 atom stereocenters. The number of phenols is 1. The fourth-order valence-electron chi connectivity index (χ4n) is 2.76. The molecule has 0 unspecified atom stereocenters. The number of ketones is 1. The maximum atomic E-state index is 12.2. The SMILES string of the molecule is C[C@H](NC(=O)CCC1CCNCC1)C(=O)c1ccc(O)cc1. The lowest BCUT2D eigenvalue weighted by atomic mass is 9.93. The lowest BCUT2D eigenvalue weighted by molar-refractivity contribution is -0.121. The average Bonchev–Trinajstić information content (AvgIpc) is 2.54. The Kier molecular flexibility index (Phi) is 5.95. The highest BCUT2D eigenvalue weighted by Gasteiger charge is 2.19. The van der Waals surface area contributed by atoms with E-state index in [2.05, 4.69) is 10.6 Å². The Morgan fingerprint density at radius 1 is 1.27 bits per heavy atom. The molecule has 1 saturated heterocycles. The van der Waals surface area contributed by atoms with Gasteiger partial charge in [-0.15, -0.1) is 0 Å². The molecule has 1 aliphatic heterocycles. The number of aromatic hydroxyl groups is 1. The van der Waals surface area contributed by atoms with Crippen LogP contribution in [0.2, 0.25) is 0 Å². The topological polar surface area (TPSA) is 78.4 Å². The second-order valence-electron chi connectivity index (χ2n) is 5.93. The molecular weight excluding hydrogens is 280 g/mol. The molecule has 5 nitrogen and oxygen atoms in total. The smallest absolute Gasteiger partial charge is 0.220 e. The molecule has 1 amide bonds. The number of amides is 1. The molecule has 1 aliphatic rings. The van der Waals surface area contributed by atoms with Crippen molar-refractivity contribution in [3.63, 3.8) is 0 Å². The Bertz CT molecular complexity index is 507. The van der Waals surface area contributed by atoms with E-state index in [-0.39, 0.29) is 17.4 Å². The summed E-state index contributed by atoms with van der Waals surface area (Å²) in [6, 6.07) is 5.52. The third-order valence-corrected chi connectivity index (χ3v) is 4.16. The van der Waals surface area contributed by atoms with Gasteiger partial charge in [0.25, 0.3) is 0 Å². The Labute approximate surface area is 131 Å². The van der Waals surface area contributed by atoms with Crippen molar-refractivity contribution in [2.24, 2.45) is 5.92 Å². The molecule has 22 heavy (non-hydrogen) atoms. The van der Waals surface area contributed by atoms with E-state index in [1.807, 2.05) is 0 Å². The Hall–Kier alpha value is -1.88. The minimum atomic E-state index is -0.551. The predicted octanol–water partition coefficient (Wildman–Crippen LogP) is 1.86. The molecule has 1 fully saturated rings. The molecule has 0 bridgehead atoms. The molecule has 1 aromatic rings. The van der Waals surface area contributed by atoms with E-state index in [0.29, 0.717) is 17.9 Å². The lowest BCUT2D eigenvalue weighted by Gasteiger charge is -2.22. The van der Waals surface area contributed by atoms with Gasteiger partial charge in [-0.25, -0.2) is 0 Å². The number of hydrogen-bond donors (Lipinski definition) is 3. The van der Waals surface area contributed by atoms with Gasteiger partial charge in [-0.2, -0.15) is 0 Å². The summed E-state index contributed by atoms with van der Waals surface area (Å²) in [7, 11) is 0. The Balaban J connectivity index is 1.77. The zero-order valence-electron chi connectivity index (χ0n) is 13.0. The summed E-state index contributed by atoms with van der Waals surface area (Å²) in [5, 5.41) is 15.3. The van der Waals surface area contributed by atoms with E-state index in [9.17, 15) is 14.7 Å².